The Morgan fingerprint density at radius 2 is 2.00 bits per heavy atom. The second kappa shape index (κ2) is 5.05. The van der Waals surface area contributed by atoms with Crippen LogP contribution in [0.4, 0.5) is 0 Å². The maximum atomic E-state index is 10.4. The van der Waals surface area contributed by atoms with Gasteiger partial charge in [-0.2, -0.15) is 5.10 Å². The molecule has 0 atom stereocenters. The van der Waals surface area contributed by atoms with Crippen LogP contribution in [0.2, 0.25) is 0 Å². The van der Waals surface area contributed by atoms with E-state index in [-0.39, 0.29) is 5.88 Å². The minimum Gasteiger partial charge on any atom is -0.494 e. The van der Waals surface area contributed by atoms with Gasteiger partial charge in [0.1, 0.15) is 0 Å². The highest BCUT2D eigenvalue weighted by atomic mass is 16.5. The number of para-hydroxylation sites is 1. The van der Waals surface area contributed by atoms with Gasteiger partial charge < -0.3 is 25.2 Å². The second-order valence-electron chi connectivity index (χ2n) is 4.83. The van der Waals surface area contributed by atoms with E-state index in [0.29, 0.717) is 24.6 Å². The molecular formula is C14H18N4O2. The lowest BCUT2D eigenvalue weighted by molar-refractivity contribution is 0.0681. The average molecular weight is 274 g/mol. The Morgan fingerprint density at radius 1 is 1.30 bits per heavy atom. The van der Waals surface area contributed by atoms with Crippen LogP contribution in [-0.2, 0) is 11.8 Å². The lowest BCUT2D eigenvalue weighted by atomic mass is 10.1. The van der Waals surface area contributed by atoms with Gasteiger partial charge in [-0.3, -0.25) is 0 Å². The number of fused-ring (bicyclic) bond motifs is 1. The minimum atomic E-state index is 0.182. The largest absolute Gasteiger partial charge is 0.494 e. The van der Waals surface area contributed by atoms with Crippen molar-refractivity contribution in [3.05, 3.63) is 29.8 Å². The third-order valence-corrected chi connectivity index (χ3v) is 3.73. The fraction of sp³-hybridized carbons (Fsp3) is 0.357. The number of aromatic nitrogens is 1. The number of hydrogen-bond donors (Lipinski definition) is 2. The molecule has 20 heavy (non-hydrogen) atoms. The van der Waals surface area contributed by atoms with Crippen LogP contribution in [0.1, 0.15) is 5.56 Å². The lowest BCUT2D eigenvalue weighted by Crippen LogP contribution is -2.41. The number of morpholine rings is 1. The number of amidine groups is 1. The highest BCUT2D eigenvalue weighted by Crippen LogP contribution is 2.31. The molecule has 0 aliphatic carbocycles. The van der Waals surface area contributed by atoms with Crippen molar-refractivity contribution >= 4 is 16.7 Å². The van der Waals surface area contributed by atoms with E-state index in [1.165, 1.54) is 0 Å². The van der Waals surface area contributed by atoms with Crippen LogP contribution >= 0.6 is 0 Å². The maximum absolute atomic E-state index is 10.4. The van der Waals surface area contributed by atoms with E-state index >= 15 is 0 Å². The highest BCUT2D eigenvalue weighted by Gasteiger charge is 2.24. The van der Waals surface area contributed by atoms with Crippen molar-refractivity contribution in [1.82, 2.24) is 9.47 Å². The van der Waals surface area contributed by atoms with E-state index in [1.54, 1.807) is 4.57 Å². The summed E-state index contributed by atoms with van der Waals surface area (Å²) in [7, 11) is 1.83. The highest BCUT2D eigenvalue weighted by molar-refractivity contribution is 6.12. The number of aromatic hydroxyl groups is 1. The summed E-state index contributed by atoms with van der Waals surface area (Å²) in [6, 6.07) is 7.82. The van der Waals surface area contributed by atoms with Crippen LogP contribution in [0.25, 0.3) is 10.9 Å². The summed E-state index contributed by atoms with van der Waals surface area (Å²) >= 11 is 0. The van der Waals surface area contributed by atoms with Gasteiger partial charge in [0.25, 0.3) is 0 Å². The van der Waals surface area contributed by atoms with E-state index in [2.05, 4.69) is 5.10 Å². The number of ether oxygens (including phenoxy) is 1. The summed E-state index contributed by atoms with van der Waals surface area (Å²) in [6.45, 7) is 2.73. The van der Waals surface area contributed by atoms with E-state index in [0.717, 1.165) is 24.0 Å². The van der Waals surface area contributed by atoms with Crippen molar-refractivity contribution in [3.8, 4) is 5.88 Å². The van der Waals surface area contributed by atoms with Crippen LogP contribution in [0.3, 0.4) is 0 Å². The first-order valence-electron chi connectivity index (χ1n) is 6.61. The van der Waals surface area contributed by atoms with Gasteiger partial charge in [-0.15, -0.1) is 0 Å². The molecule has 2 aromatic rings. The molecule has 6 nitrogen and oxygen atoms in total. The van der Waals surface area contributed by atoms with Crippen molar-refractivity contribution in [2.75, 3.05) is 26.3 Å². The van der Waals surface area contributed by atoms with Crippen LogP contribution in [-0.4, -0.2) is 46.7 Å². The molecule has 2 heterocycles. The van der Waals surface area contributed by atoms with E-state index in [1.807, 2.05) is 36.2 Å². The quantitative estimate of drug-likeness (QED) is 0.350. The topological polar surface area (TPSA) is 76.0 Å². The van der Waals surface area contributed by atoms with Gasteiger partial charge in [-0.1, -0.05) is 18.2 Å². The number of rotatable bonds is 1. The van der Waals surface area contributed by atoms with Crippen molar-refractivity contribution in [1.29, 1.82) is 0 Å². The zero-order valence-electron chi connectivity index (χ0n) is 11.4. The SMILES string of the molecule is Cn1c(O)c(/C(=N/N)N2CCOCC2)c2ccccc21. The standard InChI is InChI=1S/C14H18N4O2/c1-17-11-5-3-2-4-10(11)12(14(17)19)13(16-15)18-6-8-20-9-7-18/h2-5,19H,6-9,15H2,1H3/b16-13-. The Bertz CT molecular complexity index is 656. The number of benzene rings is 1. The van der Waals surface area contributed by atoms with E-state index in [4.69, 9.17) is 10.6 Å². The molecule has 0 amide bonds. The van der Waals surface area contributed by atoms with Gasteiger partial charge in [0.05, 0.1) is 24.3 Å². The Morgan fingerprint density at radius 3 is 2.70 bits per heavy atom. The summed E-state index contributed by atoms with van der Waals surface area (Å²) in [6.07, 6.45) is 0. The minimum absolute atomic E-state index is 0.182. The van der Waals surface area contributed by atoms with Crippen LogP contribution in [0.15, 0.2) is 29.4 Å². The molecule has 0 saturated carbocycles. The predicted octanol–water partition coefficient (Wildman–Crippen LogP) is 0.836. The third-order valence-electron chi connectivity index (χ3n) is 3.73. The third kappa shape index (κ3) is 1.89. The Labute approximate surface area is 117 Å². The Kier molecular flexibility index (Phi) is 3.23. The zero-order valence-corrected chi connectivity index (χ0v) is 11.4. The van der Waals surface area contributed by atoms with Crippen molar-refractivity contribution < 1.29 is 9.84 Å². The Balaban J connectivity index is 2.14. The van der Waals surface area contributed by atoms with Gasteiger partial charge in [-0.25, -0.2) is 0 Å². The monoisotopic (exact) mass is 274 g/mol. The molecule has 1 saturated heterocycles. The molecule has 6 heteroatoms. The molecule has 1 aromatic carbocycles. The second-order valence-corrected chi connectivity index (χ2v) is 4.83. The smallest absolute Gasteiger partial charge is 0.203 e. The fourth-order valence-electron chi connectivity index (χ4n) is 2.68. The predicted molar refractivity (Wildman–Crippen MR) is 77.7 cm³/mol. The molecule has 0 unspecified atom stereocenters. The summed E-state index contributed by atoms with van der Waals surface area (Å²) in [5, 5.41) is 15.3. The molecule has 106 valence electrons. The van der Waals surface area contributed by atoms with Crippen LogP contribution in [0.5, 0.6) is 5.88 Å². The molecule has 0 spiro atoms. The van der Waals surface area contributed by atoms with Crippen LogP contribution in [0, 0.1) is 0 Å². The first kappa shape index (κ1) is 12.8. The first-order valence-corrected chi connectivity index (χ1v) is 6.61. The van der Waals surface area contributed by atoms with Gasteiger partial charge in [0, 0.05) is 25.5 Å². The molecule has 3 N–H and O–H groups in total. The summed E-state index contributed by atoms with van der Waals surface area (Å²) < 4.78 is 7.09. The zero-order chi connectivity index (χ0) is 14.1. The summed E-state index contributed by atoms with van der Waals surface area (Å²) in [5.41, 5.74) is 1.64. The lowest BCUT2D eigenvalue weighted by Gasteiger charge is -2.29. The molecule has 0 radical (unpaired) electrons. The molecule has 1 fully saturated rings. The maximum Gasteiger partial charge on any atom is 0.203 e. The van der Waals surface area contributed by atoms with Gasteiger partial charge in [0.15, 0.2) is 5.84 Å². The molecule has 1 aromatic heterocycles. The van der Waals surface area contributed by atoms with Crippen LogP contribution < -0.4 is 5.84 Å². The molecule has 1 aliphatic rings. The van der Waals surface area contributed by atoms with E-state index < -0.39 is 0 Å². The number of nitrogens with zero attached hydrogens (tertiary/aromatic N) is 3. The first-order chi connectivity index (χ1) is 9.74. The Hall–Kier alpha value is -2.21. The molecular weight excluding hydrogens is 256 g/mol. The molecule has 3 rings (SSSR count). The summed E-state index contributed by atoms with van der Waals surface area (Å²) in [4.78, 5) is 2.05. The fourth-order valence-corrected chi connectivity index (χ4v) is 2.68. The molecule has 0 bridgehead atoms. The number of aryl methyl sites for hydroxylation is 1. The molecule has 1 aliphatic heterocycles. The van der Waals surface area contributed by atoms with Crippen molar-refractivity contribution in [3.63, 3.8) is 0 Å². The van der Waals surface area contributed by atoms with Crippen molar-refractivity contribution in [2.45, 2.75) is 0 Å². The van der Waals surface area contributed by atoms with Gasteiger partial charge >= 0.3 is 0 Å². The van der Waals surface area contributed by atoms with Gasteiger partial charge in [0.2, 0.25) is 5.88 Å². The number of hydrogen-bond acceptors (Lipinski definition) is 4. The van der Waals surface area contributed by atoms with E-state index in [9.17, 15) is 5.11 Å². The normalized spacial score (nSPS) is 16.9. The van der Waals surface area contributed by atoms with Gasteiger partial charge in [-0.05, 0) is 6.07 Å². The average Bonchev–Trinajstić information content (AvgIpc) is 2.75. The summed E-state index contributed by atoms with van der Waals surface area (Å²) in [5.74, 6) is 6.39. The number of nitrogens with two attached hydrogens (primary N) is 1. The number of hydrazone groups is 1. The van der Waals surface area contributed by atoms with Crippen molar-refractivity contribution in [2.24, 2.45) is 18.0 Å².